The largest absolute Gasteiger partial charge is 0.497 e. The summed E-state index contributed by atoms with van der Waals surface area (Å²) in [5.41, 5.74) is 5.45. The summed E-state index contributed by atoms with van der Waals surface area (Å²) < 4.78 is 5.50. The lowest BCUT2D eigenvalue weighted by molar-refractivity contribution is 0.411. The Labute approximate surface area is 149 Å². The normalized spacial score (nSPS) is 19.2. The van der Waals surface area contributed by atoms with Crippen LogP contribution in [0.15, 0.2) is 78.9 Å². The van der Waals surface area contributed by atoms with Gasteiger partial charge in [-0.3, -0.25) is 0 Å². The highest BCUT2D eigenvalue weighted by Crippen LogP contribution is 2.37. The van der Waals surface area contributed by atoms with Gasteiger partial charge < -0.3 is 10.1 Å². The fourth-order valence-corrected chi connectivity index (χ4v) is 3.80. The van der Waals surface area contributed by atoms with Gasteiger partial charge in [0.1, 0.15) is 5.75 Å². The van der Waals surface area contributed by atoms with Crippen LogP contribution in [0.5, 0.6) is 5.75 Å². The molecular formula is C23H23NO. The van der Waals surface area contributed by atoms with Gasteiger partial charge >= 0.3 is 0 Å². The van der Waals surface area contributed by atoms with Crippen LogP contribution in [-0.4, -0.2) is 13.7 Å². The van der Waals surface area contributed by atoms with Gasteiger partial charge in [0.15, 0.2) is 0 Å². The smallest absolute Gasteiger partial charge is 0.119 e. The average molecular weight is 329 g/mol. The van der Waals surface area contributed by atoms with Crippen LogP contribution in [0.2, 0.25) is 0 Å². The first-order valence-corrected chi connectivity index (χ1v) is 8.85. The molecule has 126 valence electrons. The second kappa shape index (κ2) is 7.12. The third-order valence-corrected chi connectivity index (χ3v) is 5.07. The Morgan fingerprint density at radius 2 is 1.60 bits per heavy atom. The van der Waals surface area contributed by atoms with Gasteiger partial charge in [0.25, 0.3) is 0 Å². The molecule has 25 heavy (non-hydrogen) atoms. The summed E-state index contributed by atoms with van der Waals surface area (Å²) >= 11 is 0. The molecule has 3 aromatic carbocycles. The SMILES string of the molecule is COc1ccc2c(c1)[C@H](Cc1ccccc1)CNC2c1ccccc1. The molecule has 3 aromatic rings. The lowest BCUT2D eigenvalue weighted by Crippen LogP contribution is -2.34. The molecule has 0 aliphatic carbocycles. The third-order valence-electron chi connectivity index (χ3n) is 5.07. The van der Waals surface area contributed by atoms with E-state index in [1.54, 1.807) is 7.11 Å². The van der Waals surface area contributed by atoms with E-state index in [-0.39, 0.29) is 6.04 Å². The number of hydrogen-bond donors (Lipinski definition) is 1. The van der Waals surface area contributed by atoms with Gasteiger partial charge in [0.05, 0.1) is 13.2 Å². The fraction of sp³-hybridized carbons (Fsp3) is 0.217. The summed E-state index contributed by atoms with van der Waals surface area (Å²) in [5.74, 6) is 1.39. The second-order valence-corrected chi connectivity index (χ2v) is 6.63. The molecule has 0 spiro atoms. The van der Waals surface area contributed by atoms with Gasteiger partial charge in [-0.05, 0) is 40.8 Å². The summed E-state index contributed by atoms with van der Waals surface area (Å²) in [4.78, 5) is 0. The first kappa shape index (κ1) is 15.9. The van der Waals surface area contributed by atoms with E-state index in [1.165, 1.54) is 22.3 Å². The van der Waals surface area contributed by atoms with E-state index in [0.717, 1.165) is 18.7 Å². The Hall–Kier alpha value is -2.58. The number of hydrogen-bond acceptors (Lipinski definition) is 2. The molecule has 4 rings (SSSR count). The minimum absolute atomic E-state index is 0.245. The number of rotatable bonds is 4. The maximum absolute atomic E-state index is 5.50. The Balaban J connectivity index is 1.72. The van der Waals surface area contributed by atoms with Crippen LogP contribution in [0, 0.1) is 0 Å². The lowest BCUT2D eigenvalue weighted by Gasteiger charge is -2.33. The molecule has 0 amide bonds. The van der Waals surface area contributed by atoms with E-state index in [9.17, 15) is 0 Å². The van der Waals surface area contributed by atoms with Crippen LogP contribution in [0.1, 0.15) is 34.2 Å². The summed E-state index contributed by atoms with van der Waals surface area (Å²) in [6.45, 7) is 0.967. The predicted octanol–water partition coefficient (Wildman–Crippen LogP) is 4.71. The van der Waals surface area contributed by atoms with Crippen LogP contribution in [0.25, 0.3) is 0 Å². The highest BCUT2D eigenvalue weighted by molar-refractivity contribution is 5.46. The van der Waals surface area contributed by atoms with Crippen molar-refractivity contribution in [1.82, 2.24) is 5.32 Å². The van der Waals surface area contributed by atoms with Gasteiger partial charge in [0.2, 0.25) is 0 Å². The quantitative estimate of drug-likeness (QED) is 0.748. The number of methoxy groups -OCH3 is 1. The molecule has 1 aliphatic heterocycles. The van der Waals surface area contributed by atoms with Crippen molar-refractivity contribution in [2.24, 2.45) is 0 Å². The Bertz CT molecular complexity index is 829. The van der Waals surface area contributed by atoms with Gasteiger partial charge in [-0.25, -0.2) is 0 Å². The summed E-state index contributed by atoms with van der Waals surface area (Å²) in [5, 5.41) is 3.76. The molecule has 1 aliphatic rings. The molecule has 0 fully saturated rings. The number of fused-ring (bicyclic) bond motifs is 1. The van der Waals surface area contributed by atoms with Crippen molar-refractivity contribution in [2.75, 3.05) is 13.7 Å². The highest BCUT2D eigenvalue weighted by Gasteiger charge is 2.28. The fourth-order valence-electron chi connectivity index (χ4n) is 3.80. The van der Waals surface area contributed by atoms with Crippen molar-refractivity contribution in [1.29, 1.82) is 0 Å². The summed E-state index contributed by atoms with van der Waals surface area (Å²) in [6.07, 6.45) is 1.04. The molecule has 0 saturated heterocycles. The summed E-state index contributed by atoms with van der Waals surface area (Å²) in [7, 11) is 1.74. The van der Waals surface area contributed by atoms with Crippen LogP contribution >= 0.6 is 0 Å². The molecule has 1 heterocycles. The van der Waals surface area contributed by atoms with Crippen LogP contribution in [0.3, 0.4) is 0 Å². The van der Waals surface area contributed by atoms with Crippen molar-refractivity contribution in [3.05, 3.63) is 101 Å². The van der Waals surface area contributed by atoms with Crippen LogP contribution in [-0.2, 0) is 6.42 Å². The van der Waals surface area contributed by atoms with E-state index in [1.807, 2.05) is 0 Å². The number of benzene rings is 3. The topological polar surface area (TPSA) is 21.3 Å². The average Bonchev–Trinajstić information content (AvgIpc) is 2.69. The zero-order valence-corrected chi connectivity index (χ0v) is 14.5. The highest BCUT2D eigenvalue weighted by atomic mass is 16.5. The van der Waals surface area contributed by atoms with E-state index >= 15 is 0 Å². The maximum Gasteiger partial charge on any atom is 0.119 e. The van der Waals surface area contributed by atoms with Gasteiger partial charge in [-0.1, -0.05) is 66.7 Å². The molecule has 2 nitrogen and oxygen atoms in total. The molecule has 0 aromatic heterocycles. The molecule has 2 atom stereocenters. The van der Waals surface area contributed by atoms with E-state index in [4.69, 9.17) is 4.74 Å². The molecule has 1 N–H and O–H groups in total. The molecule has 0 saturated carbocycles. The Morgan fingerprint density at radius 3 is 2.32 bits per heavy atom. The Kier molecular flexibility index (Phi) is 4.53. The van der Waals surface area contributed by atoms with Crippen molar-refractivity contribution >= 4 is 0 Å². The zero-order chi connectivity index (χ0) is 17.1. The van der Waals surface area contributed by atoms with E-state index in [2.05, 4.69) is 84.2 Å². The van der Waals surface area contributed by atoms with Crippen molar-refractivity contribution < 1.29 is 4.74 Å². The predicted molar refractivity (Wildman–Crippen MR) is 102 cm³/mol. The third kappa shape index (κ3) is 3.31. The zero-order valence-electron chi connectivity index (χ0n) is 14.5. The van der Waals surface area contributed by atoms with Crippen LogP contribution < -0.4 is 10.1 Å². The van der Waals surface area contributed by atoms with E-state index < -0.39 is 0 Å². The molecule has 1 unspecified atom stereocenters. The Morgan fingerprint density at radius 1 is 0.880 bits per heavy atom. The van der Waals surface area contributed by atoms with Gasteiger partial charge in [-0.2, -0.15) is 0 Å². The van der Waals surface area contributed by atoms with Crippen LogP contribution in [0.4, 0.5) is 0 Å². The molecular weight excluding hydrogens is 306 g/mol. The van der Waals surface area contributed by atoms with Gasteiger partial charge in [0, 0.05) is 12.5 Å². The maximum atomic E-state index is 5.50. The summed E-state index contributed by atoms with van der Waals surface area (Å²) in [6, 6.07) is 28.2. The van der Waals surface area contributed by atoms with Gasteiger partial charge in [-0.15, -0.1) is 0 Å². The second-order valence-electron chi connectivity index (χ2n) is 6.63. The first-order valence-electron chi connectivity index (χ1n) is 8.85. The monoisotopic (exact) mass is 329 g/mol. The lowest BCUT2D eigenvalue weighted by atomic mass is 9.81. The minimum Gasteiger partial charge on any atom is -0.497 e. The molecule has 0 radical (unpaired) electrons. The number of ether oxygens (including phenoxy) is 1. The molecule has 2 heteroatoms. The minimum atomic E-state index is 0.245. The number of nitrogens with one attached hydrogen (secondary N) is 1. The van der Waals surface area contributed by atoms with E-state index in [0.29, 0.717) is 5.92 Å². The first-order chi connectivity index (χ1) is 12.3. The van der Waals surface area contributed by atoms with Crippen molar-refractivity contribution in [3.8, 4) is 5.75 Å². The van der Waals surface area contributed by atoms with Crippen molar-refractivity contribution in [2.45, 2.75) is 18.4 Å². The standard InChI is InChI=1S/C23H23NO/c1-25-20-12-13-21-22(15-20)19(14-17-8-4-2-5-9-17)16-24-23(21)18-10-6-3-7-11-18/h2-13,15,19,23-24H,14,16H2,1H3/t19-,23?/m1/s1. The van der Waals surface area contributed by atoms with Crippen molar-refractivity contribution in [3.63, 3.8) is 0 Å². The molecule has 0 bridgehead atoms.